The molecule has 2 aromatic carbocycles. The number of ether oxygens (including phenoxy) is 1. The van der Waals surface area contributed by atoms with Crippen LogP contribution >= 0.6 is 7.75 Å². The van der Waals surface area contributed by atoms with Crippen molar-refractivity contribution in [2.45, 2.75) is 77.4 Å². The Morgan fingerprint density at radius 2 is 1.47 bits per heavy atom. The molecule has 4 rings (SSSR count). The summed E-state index contributed by atoms with van der Waals surface area (Å²) in [6.07, 6.45) is 4.36. The van der Waals surface area contributed by atoms with Gasteiger partial charge in [-0.2, -0.15) is 13.9 Å². The molecule has 0 aromatic heterocycles. The molecule has 0 radical (unpaired) electrons. The Labute approximate surface area is 217 Å². The fourth-order valence-electron chi connectivity index (χ4n) is 4.64. The number of hydrogen-bond acceptors (Lipinski definition) is 5. The average Bonchev–Trinajstić information content (AvgIpc) is 2.79. The summed E-state index contributed by atoms with van der Waals surface area (Å²) in [4.78, 5) is 12.7. The Morgan fingerprint density at radius 1 is 0.947 bits per heavy atom. The number of hydrogen-bond donors (Lipinski definition) is 1. The van der Waals surface area contributed by atoms with Crippen LogP contribution in [-0.2, 0) is 19.5 Å². The SMILES string of the molecule is C[C@H](NP(=O)(Oc1ccc(C(C)(C)C)cc1)Oc1c(F)c(F)c(F)c(F)c1F)C(=O)OC1CC2(CCC2)C1. The third-order valence-corrected chi connectivity index (χ3v) is 8.63. The third-order valence-electron chi connectivity index (χ3n) is 7.05. The van der Waals surface area contributed by atoms with E-state index in [1.165, 1.54) is 19.1 Å². The van der Waals surface area contributed by atoms with Gasteiger partial charge in [-0.1, -0.05) is 39.3 Å². The number of benzene rings is 2. The quantitative estimate of drug-likeness (QED) is 0.122. The van der Waals surface area contributed by atoms with Gasteiger partial charge in [0.2, 0.25) is 34.8 Å². The van der Waals surface area contributed by atoms with Gasteiger partial charge in [0.25, 0.3) is 0 Å². The minimum atomic E-state index is -4.98. The molecule has 38 heavy (non-hydrogen) atoms. The molecule has 2 atom stereocenters. The molecule has 2 saturated carbocycles. The average molecular weight is 561 g/mol. The van der Waals surface area contributed by atoms with Gasteiger partial charge in [-0.25, -0.2) is 17.7 Å². The summed E-state index contributed by atoms with van der Waals surface area (Å²) in [5.41, 5.74) is 0.841. The van der Waals surface area contributed by atoms with E-state index in [1.807, 2.05) is 20.8 Å². The molecule has 1 spiro atoms. The van der Waals surface area contributed by atoms with E-state index in [-0.39, 0.29) is 22.7 Å². The minimum absolute atomic E-state index is 0.107. The first-order valence-electron chi connectivity index (χ1n) is 12.2. The molecule has 2 aromatic rings. The van der Waals surface area contributed by atoms with Gasteiger partial charge in [-0.15, -0.1) is 0 Å². The fraction of sp³-hybridized carbons (Fsp3) is 0.500. The summed E-state index contributed by atoms with van der Waals surface area (Å²) < 4.78 is 99.0. The second kappa shape index (κ2) is 10.2. The second-order valence-electron chi connectivity index (χ2n) is 11.0. The van der Waals surface area contributed by atoms with Gasteiger partial charge < -0.3 is 13.8 Å². The van der Waals surface area contributed by atoms with Crippen molar-refractivity contribution in [3.8, 4) is 11.5 Å². The van der Waals surface area contributed by atoms with Gasteiger partial charge in [0.05, 0.1) is 0 Å². The molecule has 1 unspecified atom stereocenters. The van der Waals surface area contributed by atoms with Crippen LogP contribution < -0.4 is 14.1 Å². The van der Waals surface area contributed by atoms with E-state index in [0.717, 1.165) is 24.8 Å². The van der Waals surface area contributed by atoms with Crippen LogP contribution in [0, 0.1) is 34.5 Å². The van der Waals surface area contributed by atoms with Crippen molar-refractivity contribution in [2.24, 2.45) is 5.41 Å². The Bertz CT molecular complexity index is 1240. The van der Waals surface area contributed by atoms with E-state index in [4.69, 9.17) is 13.8 Å². The molecular formula is C26H29F5NO5P. The maximum atomic E-state index is 14.3. The molecule has 6 nitrogen and oxygen atoms in total. The predicted octanol–water partition coefficient (Wildman–Crippen LogP) is 7.10. The zero-order valence-corrected chi connectivity index (χ0v) is 22.3. The van der Waals surface area contributed by atoms with Crippen molar-refractivity contribution in [1.82, 2.24) is 5.09 Å². The van der Waals surface area contributed by atoms with Crippen molar-refractivity contribution < 1.29 is 45.1 Å². The summed E-state index contributed by atoms with van der Waals surface area (Å²) in [5.74, 6) is -14.4. The lowest BCUT2D eigenvalue weighted by molar-refractivity contribution is -0.169. The molecule has 2 fully saturated rings. The number of carbonyl (C=O) groups is 1. The lowest BCUT2D eigenvalue weighted by atomic mass is 9.55. The molecule has 2 aliphatic rings. The summed E-state index contributed by atoms with van der Waals surface area (Å²) in [5, 5.41) is 2.21. The third kappa shape index (κ3) is 5.69. The van der Waals surface area contributed by atoms with Crippen LogP contribution in [0.25, 0.3) is 0 Å². The maximum Gasteiger partial charge on any atom is 0.513 e. The van der Waals surface area contributed by atoms with Gasteiger partial charge in [0.1, 0.15) is 17.9 Å². The maximum absolute atomic E-state index is 14.3. The first-order chi connectivity index (χ1) is 17.6. The highest BCUT2D eigenvalue weighted by atomic mass is 31.2. The lowest BCUT2D eigenvalue weighted by Crippen LogP contribution is -2.49. The Balaban J connectivity index is 1.57. The number of esters is 1. The van der Waals surface area contributed by atoms with E-state index in [9.17, 15) is 31.3 Å². The van der Waals surface area contributed by atoms with E-state index in [1.54, 1.807) is 12.1 Å². The smallest absolute Gasteiger partial charge is 0.461 e. The molecule has 12 heteroatoms. The molecule has 0 saturated heterocycles. The summed E-state index contributed by atoms with van der Waals surface area (Å²) in [6, 6.07) is 4.69. The van der Waals surface area contributed by atoms with Gasteiger partial charge >= 0.3 is 13.7 Å². The molecule has 0 amide bonds. The Morgan fingerprint density at radius 3 is 1.95 bits per heavy atom. The van der Waals surface area contributed by atoms with Crippen molar-refractivity contribution in [2.75, 3.05) is 0 Å². The molecule has 0 heterocycles. The molecule has 0 aliphatic heterocycles. The molecule has 1 N–H and O–H groups in total. The monoisotopic (exact) mass is 561 g/mol. The number of carbonyl (C=O) groups excluding carboxylic acids is 1. The van der Waals surface area contributed by atoms with Crippen LogP contribution in [0.2, 0.25) is 0 Å². The Hall–Kier alpha value is -2.65. The van der Waals surface area contributed by atoms with Crippen LogP contribution in [0.4, 0.5) is 22.0 Å². The topological polar surface area (TPSA) is 73.9 Å². The summed E-state index contributed by atoms with van der Waals surface area (Å²) in [7, 11) is -4.98. The fourth-order valence-corrected chi connectivity index (χ4v) is 6.16. The first-order valence-corrected chi connectivity index (χ1v) is 13.8. The lowest BCUT2D eigenvalue weighted by Gasteiger charge is -2.53. The molecule has 0 bridgehead atoms. The van der Waals surface area contributed by atoms with Gasteiger partial charge in [-0.05, 0) is 61.1 Å². The van der Waals surface area contributed by atoms with Crippen LogP contribution in [0.1, 0.15) is 65.4 Å². The molecular weight excluding hydrogens is 532 g/mol. The van der Waals surface area contributed by atoms with Crippen LogP contribution in [0.15, 0.2) is 24.3 Å². The largest absolute Gasteiger partial charge is 0.513 e. The minimum Gasteiger partial charge on any atom is -0.461 e. The van der Waals surface area contributed by atoms with Crippen LogP contribution in [0.5, 0.6) is 11.5 Å². The normalized spacial score (nSPS) is 19.2. The number of rotatable bonds is 8. The highest BCUT2D eigenvalue weighted by molar-refractivity contribution is 7.52. The highest BCUT2D eigenvalue weighted by Gasteiger charge is 2.50. The summed E-state index contributed by atoms with van der Waals surface area (Å²) in [6.45, 7) is 7.10. The molecule has 2 aliphatic carbocycles. The Kier molecular flexibility index (Phi) is 7.58. The van der Waals surface area contributed by atoms with Crippen molar-refractivity contribution in [1.29, 1.82) is 0 Å². The standard InChI is InChI=1S/C26H29F5NO5P/c1-14(24(33)35-17-12-26(13-17)10-5-11-26)32-38(34,36-16-8-6-15(7-9-16)25(2,3)4)37-23-21(30)19(28)18(27)20(29)22(23)31/h6-9,14,17H,5,10-13H2,1-4H3,(H,32,34)/t14-,38?/m0/s1. The summed E-state index contributed by atoms with van der Waals surface area (Å²) >= 11 is 0. The van der Waals surface area contributed by atoms with Gasteiger partial charge in [0, 0.05) is 0 Å². The van der Waals surface area contributed by atoms with E-state index in [0.29, 0.717) is 12.8 Å². The second-order valence-corrected chi connectivity index (χ2v) is 12.6. The van der Waals surface area contributed by atoms with Gasteiger partial charge in [-0.3, -0.25) is 4.79 Å². The van der Waals surface area contributed by atoms with E-state index < -0.39 is 54.6 Å². The number of halogens is 5. The van der Waals surface area contributed by atoms with Crippen molar-refractivity contribution >= 4 is 13.7 Å². The first kappa shape index (κ1) is 28.4. The zero-order chi connectivity index (χ0) is 28.0. The van der Waals surface area contributed by atoms with Crippen molar-refractivity contribution in [3.63, 3.8) is 0 Å². The van der Waals surface area contributed by atoms with Crippen LogP contribution in [0.3, 0.4) is 0 Å². The number of nitrogens with one attached hydrogen (secondary N) is 1. The molecule has 208 valence electrons. The predicted molar refractivity (Wildman–Crippen MR) is 128 cm³/mol. The van der Waals surface area contributed by atoms with E-state index >= 15 is 0 Å². The highest BCUT2D eigenvalue weighted by Crippen LogP contribution is 2.57. The van der Waals surface area contributed by atoms with E-state index in [2.05, 4.69) is 5.09 Å². The van der Waals surface area contributed by atoms with Crippen molar-refractivity contribution in [3.05, 3.63) is 58.9 Å². The van der Waals surface area contributed by atoms with Crippen LogP contribution in [-0.4, -0.2) is 18.1 Å². The van der Waals surface area contributed by atoms with Gasteiger partial charge in [0.15, 0.2) is 0 Å². The zero-order valence-electron chi connectivity index (χ0n) is 21.4.